The van der Waals surface area contributed by atoms with Crippen LogP contribution in [0.4, 0.5) is 0 Å². The van der Waals surface area contributed by atoms with Gasteiger partial charge in [0, 0.05) is 45.3 Å². The van der Waals surface area contributed by atoms with E-state index in [4.69, 9.17) is 5.73 Å². The Morgan fingerprint density at radius 3 is 2.79 bits per heavy atom. The maximum absolute atomic E-state index is 12.3. The van der Waals surface area contributed by atoms with Crippen LogP contribution in [0.3, 0.4) is 0 Å². The van der Waals surface area contributed by atoms with Gasteiger partial charge in [-0.15, -0.1) is 0 Å². The molecule has 2 fully saturated rings. The molecule has 0 radical (unpaired) electrons. The fraction of sp³-hybridized carbons (Fsp3) is 0.733. The normalized spacial score (nSPS) is 26.8. The summed E-state index contributed by atoms with van der Waals surface area (Å²) in [6.45, 7) is 3.27. The molecular weight excluding hydrogens is 330 g/mol. The first-order chi connectivity index (χ1) is 11.3. The number of rotatable bonds is 5. The molecule has 2 aliphatic rings. The smallest absolute Gasteiger partial charge is 0.259 e. The highest BCUT2D eigenvalue weighted by Gasteiger charge is 2.42. The number of aromatic nitrogens is 2. The van der Waals surface area contributed by atoms with Crippen molar-refractivity contribution in [3.05, 3.63) is 12.0 Å². The standard InChI is InChI=1S/C15H25N5O3S/c1-10-18-14(9-19(10)2)24(22,23)17-6-5-15(21)20-7-11-3-4-13(16)12(11)8-20/h9,11-13,17H,3-8,16H2,1-2H3. The van der Waals surface area contributed by atoms with Gasteiger partial charge in [-0.25, -0.2) is 18.1 Å². The fourth-order valence-electron chi connectivity index (χ4n) is 3.69. The number of likely N-dealkylation sites (tertiary alicyclic amines) is 1. The predicted octanol–water partition coefficient (Wildman–Crippen LogP) is -0.407. The molecule has 3 N–H and O–H groups in total. The molecule has 1 aromatic heterocycles. The van der Waals surface area contributed by atoms with Gasteiger partial charge in [-0.3, -0.25) is 4.79 Å². The number of nitrogens with one attached hydrogen (secondary N) is 1. The first kappa shape index (κ1) is 17.4. The zero-order chi connectivity index (χ0) is 17.5. The van der Waals surface area contributed by atoms with E-state index in [0.29, 0.717) is 24.2 Å². The van der Waals surface area contributed by atoms with Crippen LogP contribution in [0.15, 0.2) is 11.2 Å². The van der Waals surface area contributed by atoms with Crippen molar-refractivity contribution in [2.75, 3.05) is 19.6 Å². The van der Waals surface area contributed by atoms with Gasteiger partial charge in [0.1, 0.15) is 5.82 Å². The molecule has 1 aromatic rings. The number of nitrogens with zero attached hydrogens (tertiary/aromatic N) is 3. The number of sulfonamides is 1. The van der Waals surface area contributed by atoms with E-state index in [1.807, 2.05) is 4.90 Å². The van der Waals surface area contributed by atoms with Gasteiger partial charge in [0.05, 0.1) is 0 Å². The van der Waals surface area contributed by atoms with Crippen LogP contribution in [-0.4, -0.2) is 54.5 Å². The highest BCUT2D eigenvalue weighted by Crippen LogP contribution is 2.37. The van der Waals surface area contributed by atoms with Crippen molar-refractivity contribution < 1.29 is 13.2 Å². The molecule has 1 saturated heterocycles. The number of fused-ring (bicyclic) bond motifs is 1. The summed E-state index contributed by atoms with van der Waals surface area (Å²) in [5, 5.41) is -0.0170. The largest absolute Gasteiger partial charge is 0.342 e. The molecule has 3 unspecified atom stereocenters. The van der Waals surface area contributed by atoms with E-state index in [9.17, 15) is 13.2 Å². The van der Waals surface area contributed by atoms with Crippen molar-refractivity contribution in [1.29, 1.82) is 0 Å². The summed E-state index contributed by atoms with van der Waals surface area (Å²) < 4.78 is 28.4. The zero-order valence-corrected chi connectivity index (χ0v) is 14.9. The van der Waals surface area contributed by atoms with E-state index in [1.54, 1.807) is 18.5 Å². The molecule has 1 aliphatic heterocycles. The first-order valence-corrected chi connectivity index (χ1v) is 9.79. The number of hydrogen-bond donors (Lipinski definition) is 2. The molecule has 9 heteroatoms. The van der Waals surface area contributed by atoms with Gasteiger partial charge in [0.2, 0.25) is 5.91 Å². The van der Waals surface area contributed by atoms with Crippen molar-refractivity contribution in [1.82, 2.24) is 19.2 Å². The molecule has 0 bridgehead atoms. The van der Waals surface area contributed by atoms with Crippen LogP contribution >= 0.6 is 0 Å². The molecule has 1 aliphatic carbocycles. The van der Waals surface area contributed by atoms with Crippen molar-refractivity contribution in [2.45, 2.75) is 37.3 Å². The van der Waals surface area contributed by atoms with Crippen LogP contribution in [0.5, 0.6) is 0 Å². The van der Waals surface area contributed by atoms with Crippen LogP contribution in [0.25, 0.3) is 0 Å². The monoisotopic (exact) mass is 355 g/mol. The molecular formula is C15H25N5O3S. The van der Waals surface area contributed by atoms with E-state index < -0.39 is 10.0 Å². The highest BCUT2D eigenvalue weighted by molar-refractivity contribution is 7.89. The van der Waals surface area contributed by atoms with E-state index >= 15 is 0 Å². The molecule has 24 heavy (non-hydrogen) atoms. The highest BCUT2D eigenvalue weighted by atomic mass is 32.2. The van der Waals surface area contributed by atoms with Crippen molar-refractivity contribution in [3.63, 3.8) is 0 Å². The minimum atomic E-state index is -3.68. The molecule has 3 rings (SSSR count). The molecule has 3 atom stereocenters. The van der Waals surface area contributed by atoms with Crippen LogP contribution in [0.2, 0.25) is 0 Å². The number of imidazole rings is 1. The Bertz CT molecular complexity index is 710. The lowest BCUT2D eigenvalue weighted by Gasteiger charge is -2.18. The lowest BCUT2D eigenvalue weighted by atomic mass is 9.98. The van der Waals surface area contributed by atoms with Gasteiger partial charge in [-0.05, 0) is 31.6 Å². The third-order valence-corrected chi connectivity index (χ3v) is 6.59. The van der Waals surface area contributed by atoms with E-state index in [2.05, 4.69) is 9.71 Å². The topological polar surface area (TPSA) is 110 Å². The van der Waals surface area contributed by atoms with Gasteiger partial charge in [-0.2, -0.15) is 0 Å². The van der Waals surface area contributed by atoms with Crippen molar-refractivity contribution in [3.8, 4) is 0 Å². The summed E-state index contributed by atoms with van der Waals surface area (Å²) in [4.78, 5) is 18.1. The summed E-state index contributed by atoms with van der Waals surface area (Å²) in [6.07, 6.45) is 3.74. The van der Waals surface area contributed by atoms with Gasteiger partial charge in [0.15, 0.2) is 5.03 Å². The van der Waals surface area contributed by atoms with Crippen LogP contribution in [-0.2, 0) is 21.9 Å². The number of carbonyl (C=O) groups excluding carboxylic acids is 1. The maximum Gasteiger partial charge on any atom is 0.259 e. The molecule has 1 amide bonds. The van der Waals surface area contributed by atoms with Gasteiger partial charge in [0.25, 0.3) is 10.0 Å². The SMILES string of the molecule is Cc1nc(S(=O)(=O)NCCC(=O)N2CC3CCC(N)C3C2)cn1C. The Kier molecular flexibility index (Phi) is 4.67. The second-order valence-electron chi connectivity index (χ2n) is 6.85. The summed E-state index contributed by atoms with van der Waals surface area (Å²) in [5.41, 5.74) is 6.08. The number of aryl methyl sites for hydroxylation is 2. The second kappa shape index (κ2) is 6.45. The van der Waals surface area contributed by atoms with E-state index in [-0.39, 0.29) is 29.9 Å². The molecule has 134 valence electrons. The molecule has 2 heterocycles. The Morgan fingerprint density at radius 1 is 1.42 bits per heavy atom. The van der Waals surface area contributed by atoms with Gasteiger partial charge >= 0.3 is 0 Å². The quantitative estimate of drug-likeness (QED) is 0.746. The maximum atomic E-state index is 12.3. The lowest BCUT2D eigenvalue weighted by molar-refractivity contribution is -0.130. The average Bonchev–Trinajstić information content (AvgIpc) is 3.17. The van der Waals surface area contributed by atoms with E-state index in [1.165, 1.54) is 6.20 Å². The summed E-state index contributed by atoms with van der Waals surface area (Å²) in [7, 11) is -1.94. The van der Waals surface area contributed by atoms with E-state index in [0.717, 1.165) is 19.4 Å². The van der Waals surface area contributed by atoms with Crippen LogP contribution in [0, 0.1) is 18.8 Å². The lowest BCUT2D eigenvalue weighted by Crippen LogP contribution is -2.35. The molecule has 0 spiro atoms. The Balaban J connectivity index is 1.50. The Morgan fingerprint density at radius 2 is 2.17 bits per heavy atom. The average molecular weight is 355 g/mol. The van der Waals surface area contributed by atoms with Gasteiger partial charge in [-0.1, -0.05) is 0 Å². The summed E-state index contributed by atoms with van der Waals surface area (Å²) in [6, 6.07) is 0.193. The van der Waals surface area contributed by atoms with Crippen molar-refractivity contribution in [2.24, 2.45) is 24.6 Å². The third kappa shape index (κ3) is 3.33. The predicted molar refractivity (Wildman–Crippen MR) is 88.5 cm³/mol. The molecule has 0 aromatic carbocycles. The number of carbonyl (C=O) groups is 1. The summed E-state index contributed by atoms with van der Waals surface area (Å²) >= 11 is 0. The van der Waals surface area contributed by atoms with Crippen LogP contribution < -0.4 is 10.5 Å². The first-order valence-electron chi connectivity index (χ1n) is 8.31. The number of nitrogens with two attached hydrogens (primary N) is 1. The minimum Gasteiger partial charge on any atom is -0.342 e. The van der Waals surface area contributed by atoms with Crippen molar-refractivity contribution >= 4 is 15.9 Å². The molecule has 8 nitrogen and oxygen atoms in total. The Hall–Kier alpha value is -1.45. The third-order valence-electron chi connectivity index (χ3n) is 5.26. The second-order valence-corrected chi connectivity index (χ2v) is 8.56. The fourth-order valence-corrected chi connectivity index (χ4v) is 4.76. The Labute approximate surface area is 142 Å². The number of amides is 1. The molecule has 1 saturated carbocycles. The van der Waals surface area contributed by atoms with Crippen LogP contribution in [0.1, 0.15) is 25.1 Å². The minimum absolute atomic E-state index is 0.0170. The number of hydrogen-bond acceptors (Lipinski definition) is 5. The van der Waals surface area contributed by atoms with Gasteiger partial charge < -0.3 is 15.2 Å². The zero-order valence-electron chi connectivity index (χ0n) is 14.1. The summed E-state index contributed by atoms with van der Waals surface area (Å²) in [5.74, 6) is 1.52.